The van der Waals surface area contributed by atoms with Crippen LogP contribution in [0.2, 0.25) is 0 Å². The van der Waals surface area contributed by atoms with E-state index in [2.05, 4.69) is 9.97 Å². The molecular formula is C19H20FN5O3. The fourth-order valence-electron chi connectivity index (χ4n) is 3.57. The number of nitrogens with two attached hydrogens (primary N) is 1. The predicted octanol–water partition coefficient (Wildman–Crippen LogP) is 1.47. The van der Waals surface area contributed by atoms with Crippen molar-refractivity contribution in [3.05, 3.63) is 41.6 Å². The van der Waals surface area contributed by atoms with Gasteiger partial charge in [-0.05, 0) is 24.5 Å². The lowest BCUT2D eigenvalue weighted by Crippen LogP contribution is -2.40. The molecule has 0 aliphatic carbocycles. The highest BCUT2D eigenvalue weighted by molar-refractivity contribution is 5.91. The van der Waals surface area contributed by atoms with Gasteiger partial charge in [-0.3, -0.25) is 14.7 Å². The van der Waals surface area contributed by atoms with Gasteiger partial charge in [0.1, 0.15) is 18.2 Å². The molecule has 2 aromatic rings. The van der Waals surface area contributed by atoms with Crippen molar-refractivity contribution in [2.24, 2.45) is 5.73 Å². The molecule has 0 saturated carbocycles. The molecule has 3 amide bonds. The van der Waals surface area contributed by atoms with Crippen LogP contribution in [0.3, 0.4) is 0 Å². The summed E-state index contributed by atoms with van der Waals surface area (Å²) in [4.78, 5) is 35.0. The van der Waals surface area contributed by atoms with Gasteiger partial charge in [0, 0.05) is 54.9 Å². The number of rotatable bonds is 3. The fraction of sp³-hybridized carbons (Fsp3) is 0.368. The van der Waals surface area contributed by atoms with Gasteiger partial charge in [-0.2, -0.15) is 0 Å². The summed E-state index contributed by atoms with van der Waals surface area (Å²) >= 11 is 0. The number of amides is 3. The summed E-state index contributed by atoms with van der Waals surface area (Å²) in [6, 6.07) is 1.16. The smallest absolute Gasteiger partial charge is 0.320 e. The van der Waals surface area contributed by atoms with E-state index in [-0.39, 0.29) is 18.3 Å². The molecule has 2 aromatic heterocycles. The Morgan fingerprint density at radius 2 is 2.14 bits per heavy atom. The van der Waals surface area contributed by atoms with E-state index in [1.165, 1.54) is 11.1 Å². The molecule has 2 aliphatic heterocycles. The Hall–Kier alpha value is -3.07. The van der Waals surface area contributed by atoms with Gasteiger partial charge in [-0.1, -0.05) is 0 Å². The number of ether oxygens (including phenoxy) is 1. The maximum absolute atomic E-state index is 15.2. The van der Waals surface area contributed by atoms with Gasteiger partial charge in [0.2, 0.25) is 5.91 Å². The molecule has 1 saturated heterocycles. The quantitative estimate of drug-likeness (QED) is 0.862. The predicted molar refractivity (Wildman–Crippen MR) is 98.9 cm³/mol. The van der Waals surface area contributed by atoms with Crippen molar-refractivity contribution in [1.82, 2.24) is 14.9 Å². The van der Waals surface area contributed by atoms with Crippen LogP contribution in [0.4, 0.5) is 15.0 Å². The number of primary amides is 1. The Morgan fingerprint density at radius 3 is 2.93 bits per heavy atom. The van der Waals surface area contributed by atoms with E-state index < -0.39 is 11.8 Å². The van der Waals surface area contributed by atoms with Crippen molar-refractivity contribution in [2.75, 3.05) is 31.2 Å². The zero-order valence-corrected chi connectivity index (χ0v) is 15.2. The molecule has 9 heteroatoms. The van der Waals surface area contributed by atoms with Crippen LogP contribution in [0.15, 0.2) is 24.7 Å². The zero-order valence-electron chi connectivity index (χ0n) is 15.2. The average molecular weight is 385 g/mol. The molecule has 8 nitrogen and oxygen atoms in total. The van der Waals surface area contributed by atoms with E-state index in [0.717, 1.165) is 5.56 Å². The Labute approximate surface area is 161 Å². The zero-order chi connectivity index (χ0) is 19.7. The van der Waals surface area contributed by atoms with Crippen molar-refractivity contribution in [3.63, 3.8) is 0 Å². The second kappa shape index (κ2) is 7.51. The Kier molecular flexibility index (Phi) is 4.91. The van der Waals surface area contributed by atoms with Crippen molar-refractivity contribution in [2.45, 2.75) is 19.4 Å². The number of nitrogens with zero attached hydrogens (tertiary/aromatic N) is 4. The van der Waals surface area contributed by atoms with Gasteiger partial charge < -0.3 is 15.4 Å². The van der Waals surface area contributed by atoms with Crippen molar-refractivity contribution >= 4 is 17.8 Å². The van der Waals surface area contributed by atoms with Crippen LogP contribution in [0.5, 0.6) is 0 Å². The van der Waals surface area contributed by atoms with Crippen LogP contribution in [0, 0.1) is 5.82 Å². The normalized spacial score (nSPS) is 16.8. The SMILES string of the molecule is NC(=O)N1CCCc2c1ncc(-c1cncc(CN3CCOCC3=O)c1)c2F. The molecule has 0 aromatic carbocycles. The number of halogens is 1. The van der Waals surface area contributed by atoms with Crippen molar-refractivity contribution < 1.29 is 18.7 Å². The lowest BCUT2D eigenvalue weighted by molar-refractivity contribution is -0.143. The van der Waals surface area contributed by atoms with Gasteiger partial charge in [0.25, 0.3) is 0 Å². The third kappa shape index (κ3) is 3.40. The molecule has 2 aliphatic rings. The van der Waals surface area contributed by atoms with Crippen LogP contribution in [-0.2, 0) is 22.5 Å². The lowest BCUT2D eigenvalue weighted by Gasteiger charge is -2.27. The standard InChI is InChI=1S/C19H20FN5O3/c20-17-14-2-1-3-25(19(21)27)18(14)23-9-15(17)13-6-12(7-22-8-13)10-24-4-5-28-11-16(24)26/h6-9H,1-5,10-11H2,(H2,21,27). The Balaban J connectivity index is 1.64. The largest absolute Gasteiger partial charge is 0.370 e. The molecule has 0 unspecified atom stereocenters. The van der Waals surface area contributed by atoms with Crippen molar-refractivity contribution in [3.8, 4) is 11.1 Å². The third-order valence-corrected chi connectivity index (χ3v) is 4.98. The average Bonchev–Trinajstić information content (AvgIpc) is 2.70. The summed E-state index contributed by atoms with van der Waals surface area (Å²) < 4.78 is 20.3. The first-order valence-electron chi connectivity index (χ1n) is 9.08. The van der Waals surface area contributed by atoms with E-state index in [4.69, 9.17) is 10.5 Å². The van der Waals surface area contributed by atoms with Crippen molar-refractivity contribution in [1.29, 1.82) is 0 Å². The molecule has 0 spiro atoms. The summed E-state index contributed by atoms with van der Waals surface area (Å²) in [5, 5.41) is 0. The number of hydrogen-bond acceptors (Lipinski definition) is 5. The monoisotopic (exact) mass is 385 g/mol. The van der Waals surface area contributed by atoms with E-state index >= 15 is 4.39 Å². The van der Waals surface area contributed by atoms with E-state index in [1.54, 1.807) is 23.4 Å². The van der Waals surface area contributed by atoms with Gasteiger partial charge in [0.05, 0.1) is 6.61 Å². The van der Waals surface area contributed by atoms with Crippen LogP contribution in [-0.4, -0.2) is 53.1 Å². The van der Waals surface area contributed by atoms with E-state index in [0.29, 0.717) is 55.8 Å². The first kappa shape index (κ1) is 18.3. The maximum atomic E-state index is 15.2. The number of pyridine rings is 2. The molecule has 0 bridgehead atoms. The third-order valence-electron chi connectivity index (χ3n) is 4.98. The number of fused-ring (bicyclic) bond motifs is 1. The molecule has 2 N–H and O–H groups in total. The Morgan fingerprint density at radius 1 is 1.29 bits per heavy atom. The van der Waals surface area contributed by atoms with Gasteiger partial charge in [-0.15, -0.1) is 0 Å². The van der Waals surface area contributed by atoms with E-state index in [1.807, 2.05) is 0 Å². The highest BCUT2D eigenvalue weighted by Crippen LogP contribution is 2.33. The number of anilines is 1. The summed E-state index contributed by atoms with van der Waals surface area (Å²) in [6.07, 6.45) is 5.73. The number of morpholine rings is 1. The highest BCUT2D eigenvalue weighted by Gasteiger charge is 2.27. The Bertz CT molecular complexity index is 936. The number of carbonyl (C=O) groups is 2. The minimum absolute atomic E-state index is 0.0762. The number of aromatic nitrogens is 2. The molecule has 28 heavy (non-hydrogen) atoms. The minimum Gasteiger partial charge on any atom is -0.370 e. The summed E-state index contributed by atoms with van der Waals surface area (Å²) in [7, 11) is 0. The van der Waals surface area contributed by atoms with Crippen LogP contribution >= 0.6 is 0 Å². The summed E-state index contributed by atoms with van der Waals surface area (Å²) in [5.74, 6) is -0.217. The summed E-state index contributed by atoms with van der Waals surface area (Å²) in [6.45, 7) is 1.91. The lowest BCUT2D eigenvalue weighted by atomic mass is 9.99. The molecule has 0 atom stereocenters. The van der Waals surface area contributed by atoms with Gasteiger partial charge in [-0.25, -0.2) is 14.2 Å². The first-order valence-corrected chi connectivity index (χ1v) is 9.08. The number of hydrogen-bond donors (Lipinski definition) is 1. The molecular weight excluding hydrogens is 365 g/mol. The van der Waals surface area contributed by atoms with E-state index in [9.17, 15) is 9.59 Å². The molecule has 146 valence electrons. The van der Waals surface area contributed by atoms with Crippen LogP contribution < -0.4 is 10.6 Å². The molecule has 4 heterocycles. The van der Waals surface area contributed by atoms with Crippen LogP contribution in [0.1, 0.15) is 17.5 Å². The van der Waals surface area contributed by atoms with Crippen LogP contribution in [0.25, 0.3) is 11.1 Å². The highest BCUT2D eigenvalue weighted by atomic mass is 19.1. The van der Waals surface area contributed by atoms with Gasteiger partial charge in [0.15, 0.2) is 0 Å². The molecule has 4 rings (SSSR count). The second-order valence-electron chi connectivity index (χ2n) is 6.83. The number of urea groups is 1. The minimum atomic E-state index is -0.639. The fourth-order valence-corrected chi connectivity index (χ4v) is 3.57. The number of carbonyl (C=O) groups excluding carboxylic acids is 2. The van der Waals surface area contributed by atoms with Gasteiger partial charge >= 0.3 is 6.03 Å². The first-order chi connectivity index (χ1) is 13.5. The molecule has 0 radical (unpaired) electrons. The second-order valence-corrected chi connectivity index (χ2v) is 6.83. The topological polar surface area (TPSA) is 102 Å². The maximum Gasteiger partial charge on any atom is 0.320 e. The molecule has 1 fully saturated rings. The summed E-state index contributed by atoms with van der Waals surface area (Å²) in [5.41, 5.74) is 7.44.